The van der Waals surface area contributed by atoms with Gasteiger partial charge in [-0.25, -0.2) is 0 Å². The summed E-state index contributed by atoms with van der Waals surface area (Å²) in [5.41, 5.74) is 7.38. The van der Waals surface area contributed by atoms with Gasteiger partial charge in [-0.05, 0) is 42.3 Å². The molecule has 20 heavy (non-hydrogen) atoms. The average Bonchev–Trinajstić information content (AvgIpc) is 2.46. The average molecular weight is 352 g/mol. The zero-order chi connectivity index (χ0) is 14.4. The van der Waals surface area contributed by atoms with Crippen molar-refractivity contribution in [1.29, 1.82) is 0 Å². The fraction of sp³-hybridized carbons (Fsp3) is 0.250. The van der Waals surface area contributed by atoms with E-state index in [2.05, 4.69) is 34.1 Å². The van der Waals surface area contributed by atoms with Crippen LogP contribution in [0.4, 0.5) is 0 Å². The molecule has 2 nitrogen and oxygen atoms in total. The Hall–Kier alpha value is -0.970. The topological polar surface area (TPSA) is 35.2 Å². The summed E-state index contributed by atoms with van der Waals surface area (Å²) in [5, 5.41) is 0. The number of hydrogen-bond acceptors (Lipinski definition) is 3. The minimum atomic E-state index is 0.100. The van der Waals surface area contributed by atoms with Gasteiger partial charge in [-0.1, -0.05) is 34.1 Å². The van der Waals surface area contributed by atoms with E-state index in [0.29, 0.717) is 0 Å². The van der Waals surface area contributed by atoms with Crippen molar-refractivity contribution in [3.05, 3.63) is 58.6 Å². The van der Waals surface area contributed by atoms with E-state index in [1.54, 1.807) is 18.9 Å². The van der Waals surface area contributed by atoms with Gasteiger partial charge in [0.2, 0.25) is 0 Å². The molecule has 0 saturated carbocycles. The lowest BCUT2D eigenvalue weighted by Gasteiger charge is -2.14. The highest BCUT2D eigenvalue weighted by Gasteiger charge is 2.10. The first-order chi connectivity index (χ1) is 9.69. The molecule has 0 amide bonds. The van der Waals surface area contributed by atoms with Crippen LogP contribution >= 0.6 is 27.7 Å². The standard InChI is InChI=1S/C16H18BrNOS/c1-19-16-8-7-13(17)9-12(16)10-14(18)11-20-15-5-3-2-4-6-15/h2-9,14H,10-11,18H2,1H3. The van der Waals surface area contributed by atoms with Gasteiger partial charge in [-0.2, -0.15) is 0 Å². The van der Waals surface area contributed by atoms with Crippen molar-refractivity contribution in [2.24, 2.45) is 5.73 Å². The fourth-order valence-electron chi connectivity index (χ4n) is 1.97. The summed E-state index contributed by atoms with van der Waals surface area (Å²) in [4.78, 5) is 1.25. The van der Waals surface area contributed by atoms with Crippen LogP contribution in [0.3, 0.4) is 0 Å². The lowest BCUT2D eigenvalue weighted by molar-refractivity contribution is 0.408. The van der Waals surface area contributed by atoms with Crippen LogP contribution in [0.1, 0.15) is 5.56 Å². The number of halogens is 1. The SMILES string of the molecule is COc1ccc(Br)cc1CC(N)CSc1ccccc1. The minimum absolute atomic E-state index is 0.100. The minimum Gasteiger partial charge on any atom is -0.496 e. The Morgan fingerprint density at radius 1 is 1.20 bits per heavy atom. The Balaban J connectivity index is 1.94. The molecule has 2 rings (SSSR count). The maximum absolute atomic E-state index is 6.24. The van der Waals surface area contributed by atoms with E-state index in [0.717, 1.165) is 28.0 Å². The van der Waals surface area contributed by atoms with Crippen molar-refractivity contribution in [3.8, 4) is 5.75 Å². The van der Waals surface area contributed by atoms with E-state index in [-0.39, 0.29) is 6.04 Å². The van der Waals surface area contributed by atoms with Gasteiger partial charge in [-0.15, -0.1) is 11.8 Å². The number of ether oxygens (including phenoxy) is 1. The molecule has 1 unspecified atom stereocenters. The first kappa shape index (κ1) is 15.4. The molecule has 0 saturated heterocycles. The zero-order valence-electron chi connectivity index (χ0n) is 11.4. The van der Waals surface area contributed by atoms with Crippen molar-refractivity contribution < 1.29 is 4.74 Å². The largest absolute Gasteiger partial charge is 0.496 e. The van der Waals surface area contributed by atoms with Crippen LogP contribution in [-0.4, -0.2) is 18.9 Å². The zero-order valence-corrected chi connectivity index (χ0v) is 13.8. The summed E-state index contributed by atoms with van der Waals surface area (Å²) in [7, 11) is 1.69. The van der Waals surface area contributed by atoms with Gasteiger partial charge < -0.3 is 10.5 Å². The lowest BCUT2D eigenvalue weighted by Crippen LogP contribution is -2.25. The van der Waals surface area contributed by atoms with E-state index >= 15 is 0 Å². The van der Waals surface area contributed by atoms with E-state index in [1.807, 2.05) is 30.3 Å². The Labute approximate surface area is 132 Å². The number of thioether (sulfide) groups is 1. The van der Waals surface area contributed by atoms with Crippen molar-refractivity contribution >= 4 is 27.7 Å². The fourth-order valence-corrected chi connectivity index (χ4v) is 3.25. The maximum Gasteiger partial charge on any atom is 0.122 e. The Morgan fingerprint density at radius 2 is 1.95 bits per heavy atom. The monoisotopic (exact) mass is 351 g/mol. The molecular formula is C16H18BrNOS. The molecule has 2 aromatic rings. The highest BCUT2D eigenvalue weighted by Crippen LogP contribution is 2.25. The van der Waals surface area contributed by atoms with Crippen LogP contribution in [0.2, 0.25) is 0 Å². The summed E-state index contributed by atoms with van der Waals surface area (Å²) >= 11 is 5.28. The third-order valence-electron chi connectivity index (χ3n) is 2.93. The number of methoxy groups -OCH3 is 1. The lowest BCUT2D eigenvalue weighted by atomic mass is 10.1. The molecule has 0 aliphatic heterocycles. The number of nitrogens with two attached hydrogens (primary N) is 1. The predicted octanol–water partition coefficient (Wildman–Crippen LogP) is 4.12. The van der Waals surface area contributed by atoms with Crippen LogP contribution in [0.25, 0.3) is 0 Å². The molecule has 0 aliphatic carbocycles. The Morgan fingerprint density at radius 3 is 2.65 bits per heavy atom. The quantitative estimate of drug-likeness (QED) is 0.795. The van der Waals surface area contributed by atoms with Gasteiger partial charge in [0.05, 0.1) is 7.11 Å². The van der Waals surface area contributed by atoms with Crippen LogP contribution in [0, 0.1) is 0 Å². The first-order valence-corrected chi connectivity index (χ1v) is 8.22. The van der Waals surface area contributed by atoms with Crippen LogP contribution in [0.5, 0.6) is 5.75 Å². The molecule has 0 aromatic heterocycles. The van der Waals surface area contributed by atoms with Gasteiger partial charge in [0.15, 0.2) is 0 Å². The Bertz CT molecular complexity index is 547. The van der Waals surface area contributed by atoms with E-state index in [9.17, 15) is 0 Å². The molecule has 0 aliphatic rings. The van der Waals surface area contributed by atoms with Crippen molar-refractivity contribution in [1.82, 2.24) is 0 Å². The second-order valence-corrected chi connectivity index (χ2v) is 6.55. The highest BCUT2D eigenvalue weighted by atomic mass is 79.9. The molecule has 0 fully saturated rings. The first-order valence-electron chi connectivity index (χ1n) is 6.45. The summed E-state index contributed by atoms with van der Waals surface area (Å²) < 4.78 is 6.43. The van der Waals surface area contributed by atoms with Crippen molar-refractivity contribution in [2.75, 3.05) is 12.9 Å². The Kier molecular flexibility index (Phi) is 5.95. The number of hydrogen-bond donors (Lipinski definition) is 1. The van der Waals surface area contributed by atoms with Gasteiger partial charge >= 0.3 is 0 Å². The normalized spacial score (nSPS) is 12.2. The highest BCUT2D eigenvalue weighted by molar-refractivity contribution is 9.10. The molecule has 4 heteroatoms. The van der Waals surface area contributed by atoms with Crippen LogP contribution in [0.15, 0.2) is 57.9 Å². The summed E-state index contributed by atoms with van der Waals surface area (Å²) in [6, 6.07) is 16.5. The second-order valence-electron chi connectivity index (χ2n) is 4.54. The maximum atomic E-state index is 6.24. The van der Waals surface area contributed by atoms with Crippen LogP contribution in [-0.2, 0) is 6.42 Å². The number of benzene rings is 2. The van der Waals surface area contributed by atoms with Gasteiger partial charge in [-0.3, -0.25) is 0 Å². The summed E-state index contributed by atoms with van der Waals surface area (Å²) in [6.45, 7) is 0. The molecule has 1 atom stereocenters. The molecule has 0 bridgehead atoms. The summed E-state index contributed by atoms with van der Waals surface area (Å²) in [6.07, 6.45) is 0.808. The molecule has 106 valence electrons. The molecule has 2 N–H and O–H groups in total. The molecule has 0 spiro atoms. The van der Waals surface area contributed by atoms with Gasteiger partial charge in [0.1, 0.15) is 5.75 Å². The van der Waals surface area contributed by atoms with E-state index in [4.69, 9.17) is 10.5 Å². The molecule has 0 heterocycles. The van der Waals surface area contributed by atoms with Crippen LogP contribution < -0.4 is 10.5 Å². The number of rotatable bonds is 6. The molecular weight excluding hydrogens is 334 g/mol. The second kappa shape index (κ2) is 7.72. The van der Waals surface area contributed by atoms with Crippen molar-refractivity contribution in [3.63, 3.8) is 0 Å². The summed E-state index contributed by atoms with van der Waals surface area (Å²) in [5.74, 6) is 1.79. The molecule has 0 radical (unpaired) electrons. The van der Waals surface area contributed by atoms with E-state index in [1.165, 1.54) is 4.90 Å². The van der Waals surface area contributed by atoms with E-state index < -0.39 is 0 Å². The van der Waals surface area contributed by atoms with Crippen molar-refractivity contribution in [2.45, 2.75) is 17.4 Å². The van der Waals surface area contributed by atoms with Gasteiger partial charge in [0.25, 0.3) is 0 Å². The predicted molar refractivity (Wildman–Crippen MR) is 89.5 cm³/mol. The molecule has 2 aromatic carbocycles. The van der Waals surface area contributed by atoms with Gasteiger partial charge in [0, 0.05) is 21.2 Å². The third kappa shape index (κ3) is 4.54. The third-order valence-corrected chi connectivity index (χ3v) is 4.63. The smallest absolute Gasteiger partial charge is 0.122 e.